The van der Waals surface area contributed by atoms with E-state index in [2.05, 4.69) is 5.10 Å². The van der Waals surface area contributed by atoms with Gasteiger partial charge < -0.3 is 4.74 Å². The molecule has 2 aromatic rings. The summed E-state index contributed by atoms with van der Waals surface area (Å²) in [5, 5.41) is 3.84. The van der Waals surface area contributed by atoms with Crippen molar-refractivity contribution in [1.29, 1.82) is 0 Å². The second kappa shape index (κ2) is 4.96. The number of rotatable bonds is 3. The molecule has 0 aliphatic heterocycles. The second-order valence-corrected chi connectivity index (χ2v) is 4.33. The Balaban J connectivity index is 2.49. The lowest BCUT2D eigenvalue weighted by Crippen LogP contribution is -2.13. The maximum atomic E-state index is 11.7. The van der Waals surface area contributed by atoms with Gasteiger partial charge in [-0.15, -0.1) is 0 Å². The van der Waals surface area contributed by atoms with Crippen LogP contribution in [0.25, 0.3) is 5.69 Å². The molecule has 0 saturated carbocycles. The first-order chi connectivity index (χ1) is 8.11. The van der Waals surface area contributed by atoms with Crippen molar-refractivity contribution in [2.24, 2.45) is 0 Å². The lowest BCUT2D eigenvalue weighted by Gasteiger charge is -2.05. The van der Waals surface area contributed by atoms with Crippen molar-refractivity contribution in [3.8, 4) is 5.69 Å². The first kappa shape index (κ1) is 12.2. The van der Waals surface area contributed by atoms with Crippen molar-refractivity contribution >= 4 is 23.2 Å². The number of H-pyrrole nitrogens is 1. The summed E-state index contributed by atoms with van der Waals surface area (Å²) < 4.78 is 6.30. The number of hydrogen-bond acceptors (Lipinski definition) is 2. The first-order valence-corrected chi connectivity index (χ1v) is 5.62. The van der Waals surface area contributed by atoms with E-state index in [4.69, 9.17) is 27.9 Å². The Morgan fingerprint density at radius 2 is 2.12 bits per heavy atom. The van der Waals surface area contributed by atoms with Gasteiger partial charge in [-0.2, -0.15) is 0 Å². The van der Waals surface area contributed by atoms with E-state index in [1.807, 2.05) is 0 Å². The highest BCUT2D eigenvalue weighted by Crippen LogP contribution is 2.22. The van der Waals surface area contributed by atoms with E-state index >= 15 is 0 Å². The number of nitrogens with one attached hydrogen (secondary N) is 1. The summed E-state index contributed by atoms with van der Waals surface area (Å²) in [6.07, 6.45) is 0. The third-order valence-electron chi connectivity index (χ3n) is 2.22. The summed E-state index contributed by atoms with van der Waals surface area (Å²) in [4.78, 5) is 11.7. The summed E-state index contributed by atoms with van der Waals surface area (Å²) in [6, 6.07) is 6.40. The van der Waals surface area contributed by atoms with Gasteiger partial charge in [0, 0.05) is 18.2 Å². The van der Waals surface area contributed by atoms with E-state index in [-0.39, 0.29) is 5.56 Å². The molecular weight excluding hydrogens is 263 g/mol. The van der Waals surface area contributed by atoms with Gasteiger partial charge in [-0.25, -0.2) is 4.68 Å². The van der Waals surface area contributed by atoms with Gasteiger partial charge >= 0.3 is 0 Å². The summed E-state index contributed by atoms with van der Waals surface area (Å²) >= 11 is 11.8. The van der Waals surface area contributed by atoms with Gasteiger partial charge in [0.1, 0.15) is 0 Å². The largest absolute Gasteiger partial charge is 0.378 e. The highest BCUT2D eigenvalue weighted by atomic mass is 35.5. The molecule has 0 aliphatic carbocycles. The van der Waals surface area contributed by atoms with Crippen molar-refractivity contribution in [2.45, 2.75) is 6.61 Å². The van der Waals surface area contributed by atoms with Crippen LogP contribution in [-0.4, -0.2) is 16.9 Å². The van der Waals surface area contributed by atoms with Gasteiger partial charge in [0.05, 0.1) is 23.0 Å². The monoisotopic (exact) mass is 272 g/mol. The molecule has 1 aromatic heterocycles. The molecule has 1 heterocycles. The number of benzene rings is 1. The van der Waals surface area contributed by atoms with Crippen molar-refractivity contribution in [2.75, 3.05) is 7.11 Å². The standard InChI is InChI=1S/C11H10Cl2N2O2/c1-17-6-8-5-11(16)15(14-8)10-3-2-7(12)4-9(10)13/h2-5,14H,6H2,1H3. The third-order valence-corrected chi connectivity index (χ3v) is 2.76. The van der Waals surface area contributed by atoms with Crippen molar-refractivity contribution in [3.05, 3.63) is 50.4 Å². The van der Waals surface area contributed by atoms with Gasteiger partial charge in [-0.3, -0.25) is 9.89 Å². The van der Waals surface area contributed by atoms with Gasteiger partial charge in [-0.1, -0.05) is 23.2 Å². The number of nitrogens with zero attached hydrogens (tertiary/aromatic N) is 1. The molecule has 6 heteroatoms. The van der Waals surface area contributed by atoms with Gasteiger partial charge in [0.15, 0.2) is 0 Å². The SMILES string of the molecule is COCc1cc(=O)n(-c2ccc(Cl)cc2Cl)[nH]1. The van der Waals surface area contributed by atoms with Gasteiger partial charge in [0.25, 0.3) is 5.56 Å². The fourth-order valence-electron chi connectivity index (χ4n) is 1.52. The molecule has 0 aliphatic rings. The zero-order valence-corrected chi connectivity index (χ0v) is 10.5. The molecule has 1 N–H and O–H groups in total. The molecule has 0 amide bonds. The Labute approximate surface area is 108 Å². The van der Waals surface area contributed by atoms with E-state index in [1.54, 1.807) is 25.3 Å². The smallest absolute Gasteiger partial charge is 0.271 e. The normalized spacial score (nSPS) is 10.8. The molecule has 90 valence electrons. The average molecular weight is 273 g/mol. The molecule has 0 unspecified atom stereocenters. The summed E-state index contributed by atoms with van der Waals surface area (Å²) in [7, 11) is 1.56. The van der Waals surface area contributed by atoms with Crippen LogP contribution in [0.15, 0.2) is 29.1 Å². The molecular formula is C11H10Cl2N2O2. The fourth-order valence-corrected chi connectivity index (χ4v) is 2.01. The third kappa shape index (κ3) is 2.54. The van der Waals surface area contributed by atoms with Gasteiger partial charge in [0.2, 0.25) is 0 Å². The van der Waals surface area contributed by atoms with Crippen LogP contribution >= 0.6 is 23.2 Å². The first-order valence-electron chi connectivity index (χ1n) is 4.87. The minimum atomic E-state index is -0.193. The van der Waals surface area contributed by atoms with Crippen molar-refractivity contribution < 1.29 is 4.74 Å². The minimum Gasteiger partial charge on any atom is -0.378 e. The number of aromatic amines is 1. The number of aromatic nitrogens is 2. The highest BCUT2D eigenvalue weighted by molar-refractivity contribution is 6.35. The van der Waals surface area contributed by atoms with E-state index in [0.717, 1.165) is 0 Å². The number of hydrogen-bond donors (Lipinski definition) is 1. The topological polar surface area (TPSA) is 47.0 Å². The fraction of sp³-hybridized carbons (Fsp3) is 0.182. The van der Waals surface area contributed by atoms with Crippen LogP contribution in [-0.2, 0) is 11.3 Å². The lowest BCUT2D eigenvalue weighted by atomic mass is 10.3. The predicted molar refractivity (Wildman–Crippen MR) is 67.1 cm³/mol. The zero-order chi connectivity index (χ0) is 12.4. The second-order valence-electron chi connectivity index (χ2n) is 3.48. The molecule has 0 saturated heterocycles. The van der Waals surface area contributed by atoms with Crippen LogP contribution in [0, 0.1) is 0 Å². The van der Waals surface area contributed by atoms with Crippen LogP contribution in [0.1, 0.15) is 5.69 Å². The molecule has 1 aromatic carbocycles. The van der Waals surface area contributed by atoms with Crippen molar-refractivity contribution in [1.82, 2.24) is 9.78 Å². The summed E-state index contributed by atoms with van der Waals surface area (Å²) in [6.45, 7) is 0.341. The highest BCUT2D eigenvalue weighted by Gasteiger charge is 2.08. The molecule has 0 fully saturated rings. The maximum absolute atomic E-state index is 11.7. The van der Waals surface area contributed by atoms with Crippen LogP contribution in [0.5, 0.6) is 0 Å². The Kier molecular flexibility index (Phi) is 3.57. The average Bonchev–Trinajstić information content (AvgIpc) is 2.60. The molecule has 0 atom stereocenters. The molecule has 0 radical (unpaired) electrons. The van der Waals surface area contributed by atoms with Crippen LogP contribution < -0.4 is 5.56 Å². The van der Waals surface area contributed by atoms with E-state index in [1.165, 1.54) is 10.7 Å². The molecule has 17 heavy (non-hydrogen) atoms. The van der Waals surface area contributed by atoms with E-state index < -0.39 is 0 Å². The maximum Gasteiger partial charge on any atom is 0.271 e. The summed E-state index contributed by atoms with van der Waals surface area (Å²) in [5.74, 6) is 0. The van der Waals surface area contributed by atoms with Crippen molar-refractivity contribution in [3.63, 3.8) is 0 Å². The van der Waals surface area contributed by atoms with Gasteiger partial charge in [-0.05, 0) is 18.2 Å². The zero-order valence-electron chi connectivity index (χ0n) is 9.04. The number of methoxy groups -OCH3 is 1. The predicted octanol–water partition coefficient (Wildman–Crippen LogP) is 2.62. The summed E-state index contributed by atoms with van der Waals surface area (Å²) in [5.41, 5.74) is 1.05. The lowest BCUT2D eigenvalue weighted by molar-refractivity contribution is 0.181. The molecule has 0 bridgehead atoms. The quantitative estimate of drug-likeness (QED) is 0.934. The van der Waals surface area contributed by atoms with E-state index in [9.17, 15) is 4.79 Å². The van der Waals surface area contributed by atoms with Crippen LogP contribution in [0.4, 0.5) is 0 Å². The number of ether oxygens (including phenoxy) is 1. The molecule has 4 nitrogen and oxygen atoms in total. The molecule has 0 spiro atoms. The van der Waals surface area contributed by atoms with Crippen LogP contribution in [0.3, 0.4) is 0 Å². The Hall–Kier alpha value is -1.23. The minimum absolute atomic E-state index is 0.193. The number of halogens is 2. The molecule has 2 rings (SSSR count). The van der Waals surface area contributed by atoms with E-state index in [0.29, 0.717) is 28.0 Å². The Morgan fingerprint density at radius 3 is 2.76 bits per heavy atom. The Morgan fingerprint density at radius 1 is 1.35 bits per heavy atom. The van der Waals surface area contributed by atoms with Crippen LogP contribution in [0.2, 0.25) is 10.0 Å². The Bertz CT molecular complexity index is 589.